The molecule has 1 aromatic rings. The average Bonchev–Trinajstić information content (AvgIpc) is 2.83. The number of ether oxygens (including phenoxy) is 1. The smallest absolute Gasteiger partial charge is 0.122 e. The minimum Gasteiger partial charge on any atom is -0.493 e. The van der Waals surface area contributed by atoms with Crippen molar-refractivity contribution in [1.82, 2.24) is 4.90 Å². The topological polar surface area (TPSA) is 12.5 Å². The molecule has 18 heavy (non-hydrogen) atoms. The van der Waals surface area contributed by atoms with Crippen LogP contribution in [0.5, 0.6) is 5.75 Å². The normalized spacial score (nSPS) is 13.0. The summed E-state index contributed by atoms with van der Waals surface area (Å²) >= 11 is 0. The Hall–Kier alpha value is -1.44. The summed E-state index contributed by atoms with van der Waals surface area (Å²) in [6.45, 7) is 8.32. The van der Waals surface area contributed by atoms with Gasteiger partial charge in [0, 0.05) is 32.1 Å². The van der Waals surface area contributed by atoms with E-state index in [0.717, 1.165) is 31.7 Å². The summed E-state index contributed by atoms with van der Waals surface area (Å²) in [4.78, 5) is 2.26. The SMILES string of the molecule is C=C(Cc1ccc2c(c1)OCC2)N(C)CCCC. The first-order chi connectivity index (χ1) is 8.70. The van der Waals surface area contributed by atoms with Crippen molar-refractivity contribution in [1.29, 1.82) is 0 Å². The maximum Gasteiger partial charge on any atom is 0.122 e. The maximum absolute atomic E-state index is 5.60. The van der Waals surface area contributed by atoms with Crippen LogP contribution in [0.2, 0.25) is 0 Å². The first-order valence-corrected chi connectivity index (χ1v) is 6.84. The van der Waals surface area contributed by atoms with Crippen molar-refractivity contribution in [2.45, 2.75) is 32.6 Å². The fourth-order valence-corrected chi connectivity index (χ4v) is 2.24. The molecule has 2 rings (SSSR count). The molecule has 0 saturated carbocycles. The van der Waals surface area contributed by atoms with E-state index in [2.05, 4.69) is 43.6 Å². The fraction of sp³-hybridized carbons (Fsp3) is 0.500. The van der Waals surface area contributed by atoms with Gasteiger partial charge >= 0.3 is 0 Å². The second kappa shape index (κ2) is 5.94. The Labute approximate surface area is 110 Å². The molecule has 0 spiro atoms. The summed E-state index contributed by atoms with van der Waals surface area (Å²) in [5.74, 6) is 1.07. The number of rotatable bonds is 6. The Morgan fingerprint density at radius 3 is 3.06 bits per heavy atom. The summed E-state index contributed by atoms with van der Waals surface area (Å²) < 4.78 is 5.60. The van der Waals surface area contributed by atoms with Crippen LogP contribution in [0.1, 0.15) is 30.9 Å². The van der Waals surface area contributed by atoms with Gasteiger partial charge in [0.25, 0.3) is 0 Å². The molecule has 0 aliphatic carbocycles. The van der Waals surface area contributed by atoms with Crippen molar-refractivity contribution >= 4 is 0 Å². The van der Waals surface area contributed by atoms with Gasteiger partial charge in [-0.2, -0.15) is 0 Å². The number of fused-ring (bicyclic) bond motifs is 1. The van der Waals surface area contributed by atoms with E-state index in [0.29, 0.717) is 0 Å². The molecule has 2 nitrogen and oxygen atoms in total. The molecule has 1 heterocycles. The third-order valence-electron chi connectivity index (χ3n) is 3.56. The molecule has 0 amide bonds. The summed E-state index contributed by atoms with van der Waals surface area (Å²) in [6, 6.07) is 6.56. The molecular weight excluding hydrogens is 222 g/mol. The van der Waals surface area contributed by atoms with Gasteiger partial charge in [0.05, 0.1) is 6.61 Å². The van der Waals surface area contributed by atoms with Gasteiger partial charge in [-0.05, 0) is 23.6 Å². The lowest BCUT2D eigenvalue weighted by molar-refractivity contribution is 0.356. The monoisotopic (exact) mass is 245 g/mol. The molecule has 0 aromatic heterocycles. The Balaban J connectivity index is 1.94. The standard InChI is InChI=1S/C16H23NO/c1-4-5-9-17(3)13(2)11-14-6-7-15-8-10-18-16(15)12-14/h6-7,12H,2,4-5,8-11H2,1,3H3. The van der Waals surface area contributed by atoms with Gasteiger partial charge in [-0.25, -0.2) is 0 Å². The highest BCUT2D eigenvalue weighted by molar-refractivity contribution is 5.41. The Morgan fingerprint density at radius 1 is 1.44 bits per heavy atom. The van der Waals surface area contributed by atoms with Crippen molar-refractivity contribution in [3.05, 3.63) is 41.6 Å². The summed E-state index contributed by atoms with van der Waals surface area (Å²) in [7, 11) is 2.13. The Morgan fingerprint density at radius 2 is 2.28 bits per heavy atom. The molecule has 0 bridgehead atoms. The first-order valence-electron chi connectivity index (χ1n) is 6.84. The quantitative estimate of drug-likeness (QED) is 0.761. The van der Waals surface area contributed by atoms with E-state index in [1.807, 2.05) is 0 Å². The van der Waals surface area contributed by atoms with Gasteiger partial charge < -0.3 is 9.64 Å². The molecule has 98 valence electrons. The van der Waals surface area contributed by atoms with Crippen LogP contribution in [0.25, 0.3) is 0 Å². The third-order valence-corrected chi connectivity index (χ3v) is 3.56. The number of hydrogen-bond acceptors (Lipinski definition) is 2. The van der Waals surface area contributed by atoms with Crippen molar-refractivity contribution in [3.8, 4) is 5.75 Å². The van der Waals surface area contributed by atoms with E-state index >= 15 is 0 Å². The molecule has 1 aliphatic heterocycles. The lowest BCUT2D eigenvalue weighted by Gasteiger charge is -2.21. The Kier molecular flexibility index (Phi) is 4.29. The minimum atomic E-state index is 0.829. The molecule has 0 saturated heterocycles. The maximum atomic E-state index is 5.60. The zero-order valence-corrected chi connectivity index (χ0v) is 11.5. The highest BCUT2D eigenvalue weighted by Crippen LogP contribution is 2.27. The van der Waals surface area contributed by atoms with Crippen LogP contribution in [0, 0.1) is 0 Å². The highest BCUT2D eigenvalue weighted by Gasteiger charge is 2.12. The van der Waals surface area contributed by atoms with Crippen LogP contribution >= 0.6 is 0 Å². The van der Waals surface area contributed by atoms with E-state index in [1.54, 1.807) is 0 Å². The van der Waals surface area contributed by atoms with E-state index in [4.69, 9.17) is 4.74 Å². The number of hydrogen-bond donors (Lipinski definition) is 0. The predicted molar refractivity (Wildman–Crippen MR) is 76.0 cm³/mol. The zero-order chi connectivity index (χ0) is 13.0. The van der Waals surface area contributed by atoms with Gasteiger partial charge in [-0.3, -0.25) is 0 Å². The fourth-order valence-electron chi connectivity index (χ4n) is 2.24. The lowest BCUT2D eigenvalue weighted by atomic mass is 10.1. The van der Waals surface area contributed by atoms with Crippen LogP contribution in [0.4, 0.5) is 0 Å². The average molecular weight is 245 g/mol. The number of likely N-dealkylation sites (N-methyl/N-ethyl adjacent to an activating group) is 1. The molecule has 0 atom stereocenters. The van der Waals surface area contributed by atoms with Crippen molar-refractivity contribution in [2.75, 3.05) is 20.2 Å². The van der Waals surface area contributed by atoms with Crippen LogP contribution in [0.15, 0.2) is 30.5 Å². The van der Waals surface area contributed by atoms with Gasteiger partial charge in [0.2, 0.25) is 0 Å². The van der Waals surface area contributed by atoms with Crippen LogP contribution in [-0.2, 0) is 12.8 Å². The van der Waals surface area contributed by atoms with Crippen molar-refractivity contribution < 1.29 is 4.74 Å². The van der Waals surface area contributed by atoms with Gasteiger partial charge in [0.15, 0.2) is 0 Å². The number of unbranched alkanes of at least 4 members (excludes halogenated alkanes) is 1. The van der Waals surface area contributed by atoms with Gasteiger partial charge in [-0.15, -0.1) is 0 Å². The summed E-state index contributed by atoms with van der Waals surface area (Å²) in [5.41, 5.74) is 3.81. The molecule has 2 heteroatoms. The highest BCUT2D eigenvalue weighted by atomic mass is 16.5. The minimum absolute atomic E-state index is 0.829. The van der Waals surface area contributed by atoms with Crippen LogP contribution in [-0.4, -0.2) is 25.1 Å². The number of benzene rings is 1. The predicted octanol–water partition coefficient (Wildman–Crippen LogP) is 3.41. The van der Waals surface area contributed by atoms with E-state index in [9.17, 15) is 0 Å². The second-order valence-corrected chi connectivity index (χ2v) is 5.06. The molecule has 0 unspecified atom stereocenters. The molecule has 1 aliphatic rings. The van der Waals surface area contributed by atoms with Crippen molar-refractivity contribution in [3.63, 3.8) is 0 Å². The van der Waals surface area contributed by atoms with Crippen molar-refractivity contribution in [2.24, 2.45) is 0 Å². The summed E-state index contributed by atoms with van der Waals surface area (Å²) in [6.07, 6.45) is 4.41. The number of allylic oxidation sites excluding steroid dienone is 1. The zero-order valence-electron chi connectivity index (χ0n) is 11.5. The Bertz CT molecular complexity index is 425. The third kappa shape index (κ3) is 3.06. The second-order valence-electron chi connectivity index (χ2n) is 5.06. The molecule has 0 radical (unpaired) electrons. The van der Waals surface area contributed by atoms with Crippen LogP contribution in [0.3, 0.4) is 0 Å². The summed E-state index contributed by atoms with van der Waals surface area (Å²) in [5, 5.41) is 0. The molecule has 0 N–H and O–H groups in total. The molecular formula is C16H23NO. The first kappa shape index (κ1) is 13.0. The van der Waals surface area contributed by atoms with E-state index < -0.39 is 0 Å². The van der Waals surface area contributed by atoms with Gasteiger partial charge in [-0.1, -0.05) is 32.1 Å². The van der Waals surface area contributed by atoms with Crippen LogP contribution < -0.4 is 4.74 Å². The van der Waals surface area contributed by atoms with E-state index in [-0.39, 0.29) is 0 Å². The molecule has 0 fully saturated rings. The van der Waals surface area contributed by atoms with E-state index in [1.165, 1.54) is 29.7 Å². The molecule has 1 aromatic carbocycles. The largest absolute Gasteiger partial charge is 0.493 e. The van der Waals surface area contributed by atoms with Gasteiger partial charge in [0.1, 0.15) is 5.75 Å². The number of nitrogens with zero attached hydrogens (tertiary/aromatic N) is 1. The lowest BCUT2D eigenvalue weighted by Crippen LogP contribution is -2.19.